The maximum atomic E-state index is 11.5. The average Bonchev–Trinajstić information content (AvgIpc) is 2.16. The van der Waals surface area contributed by atoms with Crippen molar-refractivity contribution in [1.29, 1.82) is 0 Å². The third kappa shape index (κ3) is 5.29. The maximum absolute atomic E-state index is 11.5. The molecule has 0 bridgehead atoms. The molecule has 1 atom stereocenters. The van der Waals surface area contributed by atoms with Crippen LogP contribution in [0.25, 0.3) is 0 Å². The minimum Gasteiger partial charge on any atom is -0.452 e. The summed E-state index contributed by atoms with van der Waals surface area (Å²) >= 11 is 0. The van der Waals surface area contributed by atoms with Gasteiger partial charge in [-0.25, -0.2) is 9.52 Å². The maximum Gasteiger partial charge on any atom is 0.421 e. The van der Waals surface area contributed by atoms with Crippen LogP contribution in [0.3, 0.4) is 0 Å². The van der Waals surface area contributed by atoms with Gasteiger partial charge in [0.05, 0.1) is 7.11 Å². The summed E-state index contributed by atoms with van der Waals surface area (Å²) in [7, 11) is -2.83. The van der Waals surface area contributed by atoms with Crippen LogP contribution in [-0.4, -0.2) is 33.7 Å². The molecule has 0 spiro atoms. The van der Waals surface area contributed by atoms with E-state index in [9.17, 15) is 13.2 Å². The molecule has 0 aliphatic rings. The Bertz CT molecular complexity index is 330. The molecule has 0 aliphatic carbocycles. The van der Waals surface area contributed by atoms with Crippen LogP contribution >= 0.6 is 0 Å². The van der Waals surface area contributed by atoms with Gasteiger partial charge in [-0.15, -0.1) is 0 Å². The number of nitrogens with two attached hydrogens (primary N) is 1. The van der Waals surface area contributed by atoms with E-state index in [0.29, 0.717) is 19.4 Å². The van der Waals surface area contributed by atoms with E-state index in [2.05, 4.69) is 9.46 Å². The van der Waals surface area contributed by atoms with E-state index in [0.717, 1.165) is 7.11 Å². The summed E-state index contributed by atoms with van der Waals surface area (Å²) in [6.45, 7) is 3.90. The highest BCUT2D eigenvalue weighted by molar-refractivity contribution is 7.88. The second-order valence-corrected chi connectivity index (χ2v) is 5.07. The molecule has 0 aromatic carbocycles. The van der Waals surface area contributed by atoms with Crippen LogP contribution in [0.4, 0.5) is 4.79 Å². The number of rotatable bonds is 6. The second-order valence-electron chi connectivity index (χ2n) is 3.65. The van der Waals surface area contributed by atoms with Gasteiger partial charge in [-0.2, -0.15) is 13.1 Å². The van der Waals surface area contributed by atoms with Gasteiger partial charge < -0.3 is 10.5 Å². The van der Waals surface area contributed by atoms with Crippen LogP contribution in [0, 0.1) is 0 Å². The largest absolute Gasteiger partial charge is 0.452 e. The Kier molecular flexibility index (Phi) is 5.70. The molecule has 0 aliphatic heterocycles. The Hall–Kier alpha value is -0.860. The molecule has 7 nitrogen and oxygen atoms in total. The molecule has 0 fully saturated rings. The number of ether oxygens (including phenoxy) is 1. The van der Waals surface area contributed by atoms with Gasteiger partial charge in [0.1, 0.15) is 0 Å². The molecule has 1 amide bonds. The average molecular weight is 253 g/mol. The Labute approximate surface area is 95.9 Å². The summed E-state index contributed by atoms with van der Waals surface area (Å²) in [5.41, 5.74) is 4.72. The minimum absolute atomic E-state index is 0.352. The lowest BCUT2D eigenvalue weighted by molar-refractivity contribution is 0.177. The van der Waals surface area contributed by atoms with Crippen molar-refractivity contribution in [2.75, 3.05) is 13.7 Å². The molecule has 4 N–H and O–H groups in total. The lowest BCUT2D eigenvalue weighted by Gasteiger charge is -2.28. The third-order valence-electron chi connectivity index (χ3n) is 2.26. The second kappa shape index (κ2) is 6.02. The Balaban J connectivity index is 4.61. The fourth-order valence-electron chi connectivity index (χ4n) is 1.12. The van der Waals surface area contributed by atoms with Gasteiger partial charge in [0, 0.05) is 5.54 Å². The summed E-state index contributed by atoms with van der Waals surface area (Å²) < 4.78 is 31.3. The highest BCUT2D eigenvalue weighted by Crippen LogP contribution is 2.14. The van der Waals surface area contributed by atoms with Gasteiger partial charge >= 0.3 is 16.3 Å². The van der Waals surface area contributed by atoms with Crippen LogP contribution < -0.4 is 15.2 Å². The molecule has 96 valence electrons. The van der Waals surface area contributed by atoms with E-state index in [1.807, 2.05) is 6.92 Å². The first-order chi connectivity index (χ1) is 7.28. The van der Waals surface area contributed by atoms with Crippen LogP contribution in [0.15, 0.2) is 0 Å². The number of nitrogens with one attached hydrogen (secondary N) is 2. The van der Waals surface area contributed by atoms with Gasteiger partial charge in [-0.3, -0.25) is 0 Å². The van der Waals surface area contributed by atoms with Crippen molar-refractivity contribution < 1.29 is 17.9 Å². The van der Waals surface area contributed by atoms with Gasteiger partial charge in [0.25, 0.3) is 0 Å². The molecule has 0 saturated heterocycles. The summed E-state index contributed by atoms with van der Waals surface area (Å²) in [6.07, 6.45) is 0.0106. The molecule has 8 heteroatoms. The lowest BCUT2D eigenvalue weighted by atomic mass is 9.96. The monoisotopic (exact) mass is 253 g/mol. The van der Waals surface area contributed by atoms with Crippen LogP contribution in [0.2, 0.25) is 0 Å². The Morgan fingerprint density at radius 3 is 2.44 bits per heavy atom. The normalized spacial score (nSPS) is 15.2. The van der Waals surface area contributed by atoms with E-state index < -0.39 is 21.8 Å². The van der Waals surface area contributed by atoms with E-state index >= 15 is 0 Å². The zero-order valence-electron chi connectivity index (χ0n) is 9.74. The molecule has 0 heterocycles. The van der Waals surface area contributed by atoms with Crippen molar-refractivity contribution in [3.63, 3.8) is 0 Å². The molecule has 0 radical (unpaired) electrons. The molecule has 0 aromatic heterocycles. The number of carbonyl (C=O) groups is 1. The number of amides is 1. The fourth-order valence-corrected chi connectivity index (χ4v) is 2.37. The van der Waals surface area contributed by atoms with E-state index in [1.165, 1.54) is 0 Å². The number of methoxy groups -OCH3 is 1. The highest BCUT2D eigenvalue weighted by atomic mass is 32.2. The quantitative estimate of drug-likeness (QED) is 0.601. The van der Waals surface area contributed by atoms with E-state index in [4.69, 9.17) is 5.73 Å². The Morgan fingerprint density at radius 2 is 2.06 bits per heavy atom. The van der Waals surface area contributed by atoms with Gasteiger partial charge in [-0.05, 0) is 26.3 Å². The summed E-state index contributed by atoms with van der Waals surface area (Å²) in [5.74, 6) is 0. The molecule has 16 heavy (non-hydrogen) atoms. The standard InChI is InChI=1S/C8H19N3O4S/c1-4-8(2,5-6-9)11-16(13,14)10-7(12)15-3/h11H,4-6,9H2,1-3H3,(H,10,12). The van der Waals surface area contributed by atoms with Crippen molar-refractivity contribution in [2.24, 2.45) is 5.73 Å². The van der Waals surface area contributed by atoms with Crippen LogP contribution in [-0.2, 0) is 14.9 Å². The summed E-state index contributed by atoms with van der Waals surface area (Å²) in [5, 5.41) is 0. The highest BCUT2D eigenvalue weighted by Gasteiger charge is 2.28. The first-order valence-electron chi connectivity index (χ1n) is 4.88. The summed E-state index contributed by atoms with van der Waals surface area (Å²) in [4.78, 5) is 10.8. The van der Waals surface area contributed by atoms with Crippen molar-refractivity contribution >= 4 is 16.3 Å². The zero-order valence-corrected chi connectivity index (χ0v) is 10.6. The third-order valence-corrected chi connectivity index (χ3v) is 3.46. The molecule has 1 unspecified atom stereocenters. The molecule has 0 saturated carbocycles. The van der Waals surface area contributed by atoms with Crippen LogP contribution in [0.1, 0.15) is 26.7 Å². The predicted molar refractivity (Wildman–Crippen MR) is 60.0 cm³/mol. The Morgan fingerprint density at radius 1 is 1.50 bits per heavy atom. The van der Waals surface area contributed by atoms with E-state index in [-0.39, 0.29) is 0 Å². The van der Waals surface area contributed by atoms with Gasteiger partial charge in [0.15, 0.2) is 0 Å². The SMILES string of the molecule is CCC(C)(CCN)NS(=O)(=O)NC(=O)OC. The number of hydrogen-bond donors (Lipinski definition) is 3. The molecular weight excluding hydrogens is 234 g/mol. The first kappa shape index (κ1) is 15.1. The fraction of sp³-hybridized carbons (Fsp3) is 0.875. The number of carbonyl (C=O) groups excluding carboxylic acids is 1. The van der Waals surface area contributed by atoms with Crippen molar-refractivity contribution in [3.05, 3.63) is 0 Å². The van der Waals surface area contributed by atoms with Crippen LogP contribution in [0.5, 0.6) is 0 Å². The topological polar surface area (TPSA) is 111 Å². The van der Waals surface area contributed by atoms with Crippen molar-refractivity contribution in [2.45, 2.75) is 32.2 Å². The van der Waals surface area contributed by atoms with Gasteiger partial charge in [0.2, 0.25) is 0 Å². The predicted octanol–water partition coefficient (Wildman–Crippen LogP) is -0.306. The molecular formula is C8H19N3O4S. The smallest absolute Gasteiger partial charge is 0.421 e. The molecule has 0 rings (SSSR count). The van der Waals surface area contributed by atoms with Crippen molar-refractivity contribution in [1.82, 2.24) is 9.44 Å². The van der Waals surface area contributed by atoms with Gasteiger partial charge in [-0.1, -0.05) is 6.92 Å². The first-order valence-corrected chi connectivity index (χ1v) is 6.36. The zero-order chi connectivity index (χ0) is 12.8. The van der Waals surface area contributed by atoms with E-state index in [1.54, 1.807) is 11.6 Å². The molecule has 0 aromatic rings. The summed E-state index contributed by atoms with van der Waals surface area (Å²) in [6, 6.07) is 0. The lowest BCUT2D eigenvalue weighted by Crippen LogP contribution is -2.52. The minimum atomic E-state index is -3.91. The van der Waals surface area contributed by atoms with Crippen molar-refractivity contribution in [3.8, 4) is 0 Å². The number of hydrogen-bond acceptors (Lipinski definition) is 5.